The predicted molar refractivity (Wildman–Crippen MR) is 117 cm³/mol. The van der Waals surface area contributed by atoms with Gasteiger partial charge in [0.25, 0.3) is 5.78 Å². The third-order valence-corrected chi connectivity index (χ3v) is 5.04. The molecule has 2 aromatic carbocycles. The van der Waals surface area contributed by atoms with E-state index in [1.54, 1.807) is 4.52 Å². The van der Waals surface area contributed by atoms with Gasteiger partial charge in [0, 0.05) is 23.5 Å². The lowest BCUT2D eigenvalue weighted by Crippen LogP contribution is -2.26. The number of benzene rings is 2. The zero-order valence-corrected chi connectivity index (χ0v) is 17.5. The summed E-state index contributed by atoms with van der Waals surface area (Å²) in [4.78, 5) is 21.1. The number of hydrogen-bond donors (Lipinski definition) is 2. The van der Waals surface area contributed by atoms with Gasteiger partial charge >= 0.3 is 0 Å². The van der Waals surface area contributed by atoms with Crippen LogP contribution in [-0.4, -0.2) is 25.5 Å². The molecule has 0 aliphatic heterocycles. The van der Waals surface area contributed by atoms with Crippen molar-refractivity contribution >= 4 is 17.6 Å². The predicted octanol–water partition coefficient (Wildman–Crippen LogP) is 2.76. The number of carbonyl (C=O) groups is 1. The Hall–Kier alpha value is -3.94. The Balaban J connectivity index is 1.37. The molecule has 4 aromatic rings. The van der Waals surface area contributed by atoms with E-state index in [-0.39, 0.29) is 18.3 Å². The lowest BCUT2D eigenvalue weighted by molar-refractivity contribution is -0.120. The molecule has 2 aromatic heterocycles. The van der Waals surface area contributed by atoms with Crippen LogP contribution < -0.4 is 15.8 Å². The number of nitrogen functional groups attached to an aromatic ring is 1. The van der Waals surface area contributed by atoms with E-state index >= 15 is 0 Å². The SMILES string of the molecule is Cc1nc2nc(N)nn2c(C)c1CC(=O)NCc1cccc(OCc2ccccc2)c1. The van der Waals surface area contributed by atoms with Crippen molar-refractivity contribution in [2.75, 3.05) is 5.73 Å². The lowest BCUT2D eigenvalue weighted by atomic mass is 10.1. The van der Waals surface area contributed by atoms with Gasteiger partial charge in [-0.3, -0.25) is 4.79 Å². The summed E-state index contributed by atoms with van der Waals surface area (Å²) in [6.45, 7) is 4.64. The summed E-state index contributed by atoms with van der Waals surface area (Å²) in [6.07, 6.45) is 0.199. The first-order chi connectivity index (χ1) is 15.0. The maximum Gasteiger partial charge on any atom is 0.254 e. The molecule has 0 fully saturated rings. The molecule has 0 spiro atoms. The quantitative estimate of drug-likeness (QED) is 0.480. The average molecular weight is 416 g/mol. The topological polar surface area (TPSA) is 107 Å². The van der Waals surface area contributed by atoms with E-state index in [9.17, 15) is 4.79 Å². The fourth-order valence-corrected chi connectivity index (χ4v) is 3.39. The molecule has 158 valence electrons. The Kier molecular flexibility index (Phi) is 5.79. The zero-order valence-electron chi connectivity index (χ0n) is 17.5. The Bertz CT molecular complexity index is 1220. The summed E-state index contributed by atoms with van der Waals surface area (Å²) >= 11 is 0. The maximum atomic E-state index is 12.6. The molecule has 0 aliphatic carbocycles. The Morgan fingerprint density at radius 3 is 2.65 bits per heavy atom. The molecule has 4 rings (SSSR count). The number of carbonyl (C=O) groups excluding carboxylic acids is 1. The molecule has 0 atom stereocenters. The number of hydrogen-bond acceptors (Lipinski definition) is 6. The first-order valence-electron chi connectivity index (χ1n) is 10.0. The van der Waals surface area contributed by atoms with Gasteiger partial charge in [-0.2, -0.15) is 9.50 Å². The molecular weight excluding hydrogens is 392 g/mol. The van der Waals surface area contributed by atoms with Crippen LogP contribution >= 0.6 is 0 Å². The second-order valence-electron chi connectivity index (χ2n) is 7.32. The van der Waals surface area contributed by atoms with Crippen LogP contribution in [0.1, 0.15) is 28.1 Å². The first-order valence-corrected chi connectivity index (χ1v) is 10.0. The number of aromatic nitrogens is 4. The zero-order chi connectivity index (χ0) is 21.8. The van der Waals surface area contributed by atoms with Gasteiger partial charge in [0.2, 0.25) is 11.9 Å². The van der Waals surface area contributed by atoms with Gasteiger partial charge in [0.15, 0.2) is 0 Å². The van der Waals surface area contributed by atoms with Gasteiger partial charge < -0.3 is 15.8 Å². The fourth-order valence-electron chi connectivity index (χ4n) is 3.39. The van der Waals surface area contributed by atoms with Gasteiger partial charge in [0.1, 0.15) is 12.4 Å². The first kappa shape index (κ1) is 20.3. The Morgan fingerprint density at radius 2 is 1.84 bits per heavy atom. The summed E-state index contributed by atoms with van der Waals surface area (Å²) in [6, 6.07) is 17.7. The van der Waals surface area contributed by atoms with Crippen LogP contribution in [-0.2, 0) is 24.4 Å². The van der Waals surface area contributed by atoms with Crippen LogP contribution in [0, 0.1) is 13.8 Å². The second-order valence-corrected chi connectivity index (χ2v) is 7.32. The summed E-state index contributed by atoms with van der Waals surface area (Å²) in [5.41, 5.74) is 10.1. The van der Waals surface area contributed by atoms with Crippen LogP contribution in [0.5, 0.6) is 5.75 Å². The lowest BCUT2D eigenvalue weighted by Gasteiger charge is -2.11. The highest BCUT2D eigenvalue weighted by atomic mass is 16.5. The van der Waals surface area contributed by atoms with Crippen LogP contribution in [0.2, 0.25) is 0 Å². The summed E-state index contributed by atoms with van der Waals surface area (Å²) in [5, 5.41) is 7.10. The molecule has 0 aliphatic rings. The number of aryl methyl sites for hydroxylation is 2. The highest BCUT2D eigenvalue weighted by Gasteiger charge is 2.15. The fraction of sp³-hybridized carbons (Fsp3) is 0.217. The molecule has 0 saturated carbocycles. The largest absolute Gasteiger partial charge is 0.489 e. The average Bonchev–Trinajstić information content (AvgIpc) is 3.15. The maximum absolute atomic E-state index is 12.6. The number of nitrogens with two attached hydrogens (primary N) is 1. The number of ether oxygens (including phenoxy) is 1. The van der Waals surface area contributed by atoms with Crippen molar-refractivity contribution in [2.45, 2.75) is 33.4 Å². The van der Waals surface area contributed by atoms with Crippen LogP contribution in [0.15, 0.2) is 54.6 Å². The van der Waals surface area contributed by atoms with Crippen molar-refractivity contribution < 1.29 is 9.53 Å². The molecule has 0 unspecified atom stereocenters. The number of fused-ring (bicyclic) bond motifs is 1. The van der Waals surface area contributed by atoms with E-state index in [1.807, 2.05) is 68.4 Å². The van der Waals surface area contributed by atoms with Gasteiger partial charge in [-0.05, 0) is 37.1 Å². The standard InChI is InChI=1S/C23H24N6O2/c1-15-20(16(2)29-23(26-15)27-22(24)28-29)12-21(30)25-13-18-9-6-10-19(11-18)31-14-17-7-4-3-5-8-17/h3-11H,12-14H2,1-2H3,(H2,24,28)(H,25,30). The minimum Gasteiger partial charge on any atom is -0.489 e. The van der Waals surface area contributed by atoms with E-state index in [0.717, 1.165) is 33.8 Å². The van der Waals surface area contributed by atoms with E-state index in [1.165, 1.54) is 0 Å². The molecule has 2 heterocycles. The minimum absolute atomic E-state index is 0.101. The molecule has 3 N–H and O–H groups in total. The molecular formula is C23H24N6O2. The van der Waals surface area contributed by atoms with Crippen LogP contribution in [0.4, 0.5) is 5.95 Å². The van der Waals surface area contributed by atoms with Crippen molar-refractivity contribution in [1.82, 2.24) is 24.9 Å². The monoisotopic (exact) mass is 416 g/mol. The van der Waals surface area contributed by atoms with Crippen molar-refractivity contribution in [3.63, 3.8) is 0 Å². The van der Waals surface area contributed by atoms with Crippen molar-refractivity contribution in [1.29, 1.82) is 0 Å². The number of nitrogens with one attached hydrogen (secondary N) is 1. The molecule has 8 heteroatoms. The van der Waals surface area contributed by atoms with E-state index < -0.39 is 0 Å². The van der Waals surface area contributed by atoms with Crippen LogP contribution in [0.3, 0.4) is 0 Å². The van der Waals surface area contributed by atoms with E-state index in [2.05, 4.69) is 20.4 Å². The number of nitrogens with zero attached hydrogens (tertiary/aromatic N) is 4. The van der Waals surface area contributed by atoms with E-state index in [0.29, 0.717) is 18.9 Å². The molecule has 0 bridgehead atoms. The second kappa shape index (κ2) is 8.83. The van der Waals surface area contributed by atoms with Gasteiger partial charge in [-0.25, -0.2) is 4.98 Å². The van der Waals surface area contributed by atoms with Crippen molar-refractivity contribution in [2.24, 2.45) is 0 Å². The third kappa shape index (κ3) is 4.80. The summed E-state index contributed by atoms with van der Waals surface area (Å²) < 4.78 is 7.43. The van der Waals surface area contributed by atoms with Crippen LogP contribution in [0.25, 0.3) is 5.78 Å². The summed E-state index contributed by atoms with van der Waals surface area (Å²) in [5.74, 6) is 1.26. The number of rotatable bonds is 7. The molecule has 0 saturated heterocycles. The molecule has 8 nitrogen and oxygen atoms in total. The molecule has 1 amide bonds. The molecule has 31 heavy (non-hydrogen) atoms. The minimum atomic E-state index is -0.101. The third-order valence-electron chi connectivity index (χ3n) is 5.04. The van der Waals surface area contributed by atoms with Gasteiger partial charge in [0.05, 0.1) is 6.42 Å². The number of anilines is 1. The van der Waals surface area contributed by atoms with Gasteiger partial charge in [-0.1, -0.05) is 42.5 Å². The van der Waals surface area contributed by atoms with Crippen molar-refractivity contribution in [3.05, 3.63) is 82.7 Å². The normalized spacial score (nSPS) is 10.9. The summed E-state index contributed by atoms with van der Waals surface area (Å²) in [7, 11) is 0. The van der Waals surface area contributed by atoms with E-state index in [4.69, 9.17) is 10.5 Å². The Labute approximate surface area is 180 Å². The highest BCUT2D eigenvalue weighted by Crippen LogP contribution is 2.17. The number of amides is 1. The molecule has 0 radical (unpaired) electrons. The van der Waals surface area contributed by atoms with Gasteiger partial charge in [-0.15, -0.1) is 5.10 Å². The smallest absolute Gasteiger partial charge is 0.254 e. The van der Waals surface area contributed by atoms with Crippen molar-refractivity contribution in [3.8, 4) is 5.75 Å². The Morgan fingerprint density at radius 1 is 1.06 bits per heavy atom. The highest BCUT2D eigenvalue weighted by molar-refractivity contribution is 5.79.